The summed E-state index contributed by atoms with van der Waals surface area (Å²) in [7, 11) is 0. The van der Waals surface area contributed by atoms with Gasteiger partial charge in [-0.05, 0) is 12.1 Å². The van der Waals surface area contributed by atoms with Crippen LogP contribution in [0.5, 0.6) is 0 Å². The van der Waals surface area contributed by atoms with Gasteiger partial charge in [0, 0.05) is 0 Å². The second-order valence-electron chi connectivity index (χ2n) is 2.60. The van der Waals surface area contributed by atoms with Gasteiger partial charge in [0.1, 0.15) is 12.2 Å². The Balaban J connectivity index is 2.25. The van der Waals surface area contributed by atoms with Crippen LogP contribution in [0.2, 0.25) is 0 Å². The number of nitrogens with one attached hydrogen (secondary N) is 2. The van der Waals surface area contributed by atoms with Crippen LogP contribution in [0.15, 0.2) is 22.8 Å². The molecule has 6 heteroatoms. The summed E-state index contributed by atoms with van der Waals surface area (Å²) in [6, 6.07) is 3.44. The standard InChI is InChI=1S/C8H11N3O3/c9-11-8(13)4-7(12)10-5-6-2-1-3-14-6/h1-3H,4-5,9H2,(H,10,12)(H,11,13). The van der Waals surface area contributed by atoms with Crippen LogP contribution in [0.4, 0.5) is 0 Å². The van der Waals surface area contributed by atoms with E-state index in [1.807, 2.05) is 5.43 Å². The average Bonchev–Trinajstić information content (AvgIpc) is 2.67. The molecule has 0 radical (unpaired) electrons. The van der Waals surface area contributed by atoms with E-state index in [1.165, 1.54) is 6.26 Å². The van der Waals surface area contributed by atoms with Crippen molar-refractivity contribution in [2.75, 3.05) is 0 Å². The van der Waals surface area contributed by atoms with Gasteiger partial charge in [0.15, 0.2) is 0 Å². The summed E-state index contributed by atoms with van der Waals surface area (Å²) in [5.74, 6) is 4.52. The number of carbonyl (C=O) groups is 2. The molecular formula is C8H11N3O3. The van der Waals surface area contributed by atoms with Crippen LogP contribution in [0.1, 0.15) is 12.2 Å². The highest BCUT2D eigenvalue weighted by atomic mass is 16.3. The molecule has 14 heavy (non-hydrogen) atoms. The van der Waals surface area contributed by atoms with Crippen molar-refractivity contribution in [2.45, 2.75) is 13.0 Å². The molecule has 1 rings (SSSR count). The summed E-state index contributed by atoms with van der Waals surface area (Å²) in [4.78, 5) is 21.7. The molecule has 76 valence electrons. The predicted octanol–water partition coefficient (Wildman–Crippen LogP) is -0.724. The second-order valence-corrected chi connectivity index (χ2v) is 2.60. The Kier molecular flexibility index (Phi) is 3.69. The molecule has 6 nitrogen and oxygen atoms in total. The number of amides is 2. The Morgan fingerprint density at radius 3 is 2.79 bits per heavy atom. The summed E-state index contributed by atoms with van der Waals surface area (Å²) in [5, 5.41) is 2.50. The third kappa shape index (κ3) is 3.28. The van der Waals surface area contributed by atoms with Crippen molar-refractivity contribution < 1.29 is 14.0 Å². The lowest BCUT2D eigenvalue weighted by molar-refractivity contribution is -0.129. The van der Waals surface area contributed by atoms with E-state index in [9.17, 15) is 9.59 Å². The summed E-state index contributed by atoms with van der Waals surface area (Å²) in [5.41, 5.74) is 1.87. The van der Waals surface area contributed by atoms with Gasteiger partial charge in [0.25, 0.3) is 0 Å². The Bertz CT molecular complexity index is 308. The van der Waals surface area contributed by atoms with Gasteiger partial charge in [0.05, 0.1) is 12.8 Å². The smallest absolute Gasteiger partial charge is 0.243 e. The first-order valence-electron chi connectivity index (χ1n) is 4.01. The van der Waals surface area contributed by atoms with Crippen molar-refractivity contribution in [3.63, 3.8) is 0 Å². The molecule has 0 bridgehead atoms. The summed E-state index contributed by atoms with van der Waals surface area (Å²) < 4.78 is 4.98. The van der Waals surface area contributed by atoms with Crippen LogP contribution in [-0.4, -0.2) is 11.8 Å². The zero-order valence-corrected chi connectivity index (χ0v) is 7.45. The van der Waals surface area contributed by atoms with Crippen LogP contribution < -0.4 is 16.6 Å². The topological polar surface area (TPSA) is 97.4 Å². The molecule has 0 fully saturated rings. The van der Waals surface area contributed by atoms with E-state index >= 15 is 0 Å². The minimum absolute atomic E-state index is 0.268. The first kappa shape index (κ1) is 10.3. The molecule has 0 aromatic carbocycles. The Hall–Kier alpha value is -1.82. The Labute approximate surface area is 80.4 Å². The number of carbonyl (C=O) groups excluding carboxylic acids is 2. The van der Waals surface area contributed by atoms with Gasteiger partial charge >= 0.3 is 0 Å². The first-order chi connectivity index (χ1) is 6.72. The van der Waals surface area contributed by atoms with Crippen molar-refractivity contribution in [3.05, 3.63) is 24.2 Å². The van der Waals surface area contributed by atoms with E-state index in [2.05, 4.69) is 5.32 Å². The maximum absolute atomic E-state index is 11.0. The molecule has 1 aromatic rings. The number of hydrazine groups is 1. The van der Waals surface area contributed by atoms with Crippen LogP contribution in [-0.2, 0) is 16.1 Å². The minimum Gasteiger partial charge on any atom is -0.467 e. The number of nitrogens with two attached hydrogens (primary N) is 1. The molecule has 0 aliphatic rings. The van der Waals surface area contributed by atoms with Crippen molar-refractivity contribution >= 4 is 11.8 Å². The van der Waals surface area contributed by atoms with Crippen LogP contribution in [0.25, 0.3) is 0 Å². The summed E-state index contributed by atoms with van der Waals surface area (Å²) >= 11 is 0. The lowest BCUT2D eigenvalue weighted by Crippen LogP contribution is -2.35. The molecule has 0 saturated carbocycles. The quantitative estimate of drug-likeness (QED) is 0.257. The fourth-order valence-corrected chi connectivity index (χ4v) is 0.858. The largest absolute Gasteiger partial charge is 0.467 e. The monoisotopic (exact) mass is 197 g/mol. The maximum Gasteiger partial charge on any atom is 0.243 e. The second kappa shape index (κ2) is 5.03. The van der Waals surface area contributed by atoms with Crippen LogP contribution in [0, 0.1) is 0 Å². The lowest BCUT2D eigenvalue weighted by atomic mass is 10.3. The van der Waals surface area contributed by atoms with Crippen LogP contribution in [0.3, 0.4) is 0 Å². The third-order valence-electron chi connectivity index (χ3n) is 1.52. The van der Waals surface area contributed by atoms with Gasteiger partial charge in [-0.15, -0.1) is 0 Å². The number of rotatable bonds is 4. The van der Waals surface area contributed by atoms with Gasteiger partial charge in [-0.3, -0.25) is 15.0 Å². The van der Waals surface area contributed by atoms with Gasteiger partial charge in [0.2, 0.25) is 11.8 Å². The highest BCUT2D eigenvalue weighted by Gasteiger charge is 2.07. The molecule has 4 N–H and O–H groups in total. The Morgan fingerprint density at radius 2 is 2.21 bits per heavy atom. The summed E-state index contributed by atoms with van der Waals surface area (Å²) in [6.07, 6.45) is 1.23. The first-order valence-corrected chi connectivity index (χ1v) is 4.01. The average molecular weight is 197 g/mol. The minimum atomic E-state index is -0.526. The van der Waals surface area contributed by atoms with E-state index in [-0.39, 0.29) is 13.0 Å². The fraction of sp³-hybridized carbons (Fsp3) is 0.250. The van der Waals surface area contributed by atoms with Gasteiger partial charge < -0.3 is 9.73 Å². The van der Waals surface area contributed by atoms with E-state index in [0.717, 1.165) is 0 Å². The molecule has 2 amide bonds. The van der Waals surface area contributed by atoms with E-state index in [4.69, 9.17) is 10.3 Å². The molecule has 0 atom stereocenters. The molecule has 1 heterocycles. The zero-order valence-electron chi connectivity index (χ0n) is 7.45. The number of hydrogen-bond donors (Lipinski definition) is 3. The van der Waals surface area contributed by atoms with Crippen molar-refractivity contribution in [1.82, 2.24) is 10.7 Å². The van der Waals surface area contributed by atoms with Gasteiger partial charge in [-0.25, -0.2) is 5.84 Å². The van der Waals surface area contributed by atoms with Crippen LogP contribution >= 0.6 is 0 Å². The van der Waals surface area contributed by atoms with Gasteiger partial charge in [-0.1, -0.05) is 0 Å². The van der Waals surface area contributed by atoms with Crippen molar-refractivity contribution in [2.24, 2.45) is 5.84 Å². The maximum atomic E-state index is 11.0. The van der Waals surface area contributed by atoms with Crippen molar-refractivity contribution in [1.29, 1.82) is 0 Å². The van der Waals surface area contributed by atoms with Gasteiger partial charge in [-0.2, -0.15) is 0 Å². The molecular weight excluding hydrogens is 186 g/mol. The fourth-order valence-electron chi connectivity index (χ4n) is 0.858. The molecule has 0 unspecified atom stereocenters. The number of hydrogen-bond acceptors (Lipinski definition) is 4. The Morgan fingerprint density at radius 1 is 1.43 bits per heavy atom. The SMILES string of the molecule is NNC(=O)CC(=O)NCc1ccco1. The summed E-state index contributed by atoms with van der Waals surface area (Å²) in [6.45, 7) is 0.268. The highest BCUT2D eigenvalue weighted by Crippen LogP contribution is 1.98. The third-order valence-corrected chi connectivity index (χ3v) is 1.52. The molecule has 0 saturated heterocycles. The normalized spacial score (nSPS) is 9.50. The molecule has 0 aliphatic heterocycles. The van der Waals surface area contributed by atoms with E-state index in [0.29, 0.717) is 5.76 Å². The highest BCUT2D eigenvalue weighted by molar-refractivity contribution is 5.96. The molecule has 1 aromatic heterocycles. The van der Waals surface area contributed by atoms with Crippen molar-refractivity contribution in [3.8, 4) is 0 Å². The number of furan rings is 1. The molecule has 0 spiro atoms. The van der Waals surface area contributed by atoms with E-state index in [1.54, 1.807) is 12.1 Å². The van der Waals surface area contributed by atoms with E-state index < -0.39 is 11.8 Å². The lowest BCUT2D eigenvalue weighted by Gasteiger charge is -2.01. The molecule has 0 aliphatic carbocycles. The zero-order chi connectivity index (χ0) is 10.4. The predicted molar refractivity (Wildman–Crippen MR) is 47.5 cm³/mol.